The predicted molar refractivity (Wildman–Crippen MR) is 127 cm³/mol. The fraction of sp³-hybridized carbons (Fsp3) is 0.458. The van der Waals surface area contributed by atoms with Gasteiger partial charge in [-0.1, -0.05) is 23.2 Å². The van der Waals surface area contributed by atoms with E-state index in [4.69, 9.17) is 27.9 Å². The van der Waals surface area contributed by atoms with E-state index >= 15 is 0 Å². The van der Waals surface area contributed by atoms with Crippen molar-refractivity contribution in [2.45, 2.75) is 57.2 Å². The number of benzene rings is 2. The molecule has 8 heteroatoms. The predicted octanol–water partition coefficient (Wildman–Crippen LogP) is 6.35. The van der Waals surface area contributed by atoms with E-state index in [1.165, 1.54) is 12.1 Å². The molecule has 2 fully saturated rings. The lowest BCUT2D eigenvalue weighted by Gasteiger charge is -2.45. The molecule has 1 N–H and O–H groups in total. The van der Waals surface area contributed by atoms with Crippen LogP contribution in [0.3, 0.4) is 0 Å². The summed E-state index contributed by atoms with van der Waals surface area (Å²) in [5, 5.41) is 10.5. The van der Waals surface area contributed by atoms with E-state index in [9.17, 15) is 14.3 Å². The Labute approximate surface area is 204 Å². The molecule has 1 saturated carbocycles. The van der Waals surface area contributed by atoms with Crippen molar-refractivity contribution in [2.24, 2.45) is 0 Å². The summed E-state index contributed by atoms with van der Waals surface area (Å²) in [5.74, 6) is -1.58. The second-order valence-electron chi connectivity index (χ2n) is 9.22. The monoisotopic (exact) mass is 501 g/mol. The molecule has 0 bridgehead atoms. The molecule has 32 heavy (non-hydrogen) atoms. The molecule has 1 unspecified atom stereocenters. The molecular weight excluding hydrogens is 476 g/mol. The van der Waals surface area contributed by atoms with Crippen LogP contribution in [0.5, 0.6) is 0 Å². The number of rotatable bonds is 6. The van der Waals surface area contributed by atoms with Gasteiger partial charge < -0.3 is 9.84 Å². The second-order valence-corrected chi connectivity index (χ2v) is 10.1. The number of aromatic carboxylic acids is 1. The molecule has 1 atom stereocenters. The van der Waals surface area contributed by atoms with Gasteiger partial charge in [-0.05, 0) is 86.1 Å². The average molecular weight is 503 g/mol. The molecule has 0 amide bonds. The zero-order valence-electron chi connectivity index (χ0n) is 18.0. The van der Waals surface area contributed by atoms with Crippen molar-refractivity contribution in [3.8, 4) is 0 Å². The molecule has 1 aliphatic carbocycles. The minimum absolute atomic E-state index is 0. The highest BCUT2D eigenvalue weighted by atomic mass is 35.5. The van der Waals surface area contributed by atoms with Crippen LogP contribution in [0.4, 0.5) is 4.39 Å². The van der Waals surface area contributed by atoms with Crippen molar-refractivity contribution < 1.29 is 19.0 Å². The van der Waals surface area contributed by atoms with Crippen LogP contribution in [0.15, 0.2) is 30.3 Å². The first kappa shape index (κ1) is 25.3. The Bertz CT molecular complexity index is 990. The standard InChI is InChI=1S/C24H26Cl2FNO3.ClH/c1-24(2)13-31-19(7-14-5-17(25)9-18(26)6-14)12-28(24)11-16-8-22(27)21(23(29)30)10-20(16)15-3-4-15;/h5-6,8-10,15,19H,3-4,7,11-13H2,1-2H3,(H,29,30);1H. The van der Waals surface area contributed by atoms with Crippen LogP contribution in [0.1, 0.15) is 59.7 Å². The van der Waals surface area contributed by atoms with Crippen molar-refractivity contribution in [2.75, 3.05) is 13.2 Å². The summed E-state index contributed by atoms with van der Waals surface area (Å²) in [6, 6.07) is 8.44. The first-order valence-corrected chi connectivity index (χ1v) is 11.3. The fourth-order valence-corrected chi connectivity index (χ4v) is 4.84. The normalized spacial score (nSPS) is 20.6. The minimum Gasteiger partial charge on any atom is -0.478 e. The molecule has 0 radical (unpaired) electrons. The Morgan fingerprint density at radius 3 is 2.44 bits per heavy atom. The van der Waals surface area contributed by atoms with Gasteiger partial charge in [-0.2, -0.15) is 0 Å². The molecule has 1 heterocycles. The number of carboxylic acids is 1. The third kappa shape index (κ3) is 5.75. The lowest BCUT2D eigenvalue weighted by Crippen LogP contribution is -2.56. The van der Waals surface area contributed by atoms with Crippen molar-refractivity contribution >= 4 is 41.6 Å². The topological polar surface area (TPSA) is 49.8 Å². The quantitative estimate of drug-likeness (QED) is 0.500. The van der Waals surface area contributed by atoms with E-state index in [1.807, 2.05) is 12.1 Å². The lowest BCUT2D eigenvalue weighted by molar-refractivity contribution is -0.101. The van der Waals surface area contributed by atoms with Crippen LogP contribution in [0, 0.1) is 5.82 Å². The largest absolute Gasteiger partial charge is 0.478 e. The Hall–Kier alpha value is -1.37. The molecule has 0 aromatic heterocycles. The van der Waals surface area contributed by atoms with Gasteiger partial charge in [0.2, 0.25) is 0 Å². The molecule has 4 rings (SSSR count). The minimum atomic E-state index is -1.22. The van der Waals surface area contributed by atoms with Gasteiger partial charge in [0.1, 0.15) is 5.82 Å². The highest BCUT2D eigenvalue weighted by Gasteiger charge is 2.37. The van der Waals surface area contributed by atoms with Gasteiger partial charge in [0, 0.05) is 28.7 Å². The van der Waals surface area contributed by atoms with Gasteiger partial charge in [0.05, 0.1) is 18.3 Å². The zero-order chi connectivity index (χ0) is 22.3. The zero-order valence-corrected chi connectivity index (χ0v) is 20.4. The number of nitrogens with zero attached hydrogens (tertiary/aromatic N) is 1. The summed E-state index contributed by atoms with van der Waals surface area (Å²) in [6.07, 6.45) is 2.66. The van der Waals surface area contributed by atoms with Crippen LogP contribution in [-0.4, -0.2) is 40.8 Å². The average Bonchev–Trinajstić information content (AvgIpc) is 3.49. The Morgan fingerprint density at radius 2 is 1.84 bits per heavy atom. The maximum atomic E-state index is 14.5. The number of hydrogen-bond donors (Lipinski definition) is 1. The van der Waals surface area contributed by atoms with Crippen LogP contribution >= 0.6 is 35.6 Å². The molecule has 0 spiro atoms. The van der Waals surface area contributed by atoms with E-state index in [0.717, 1.165) is 29.5 Å². The Morgan fingerprint density at radius 1 is 1.19 bits per heavy atom. The van der Waals surface area contributed by atoms with Gasteiger partial charge in [-0.25, -0.2) is 9.18 Å². The molecule has 4 nitrogen and oxygen atoms in total. The number of halogens is 4. The summed E-state index contributed by atoms with van der Waals surface area (Å²) >= 11 is 12.3. The molecule has 2 aromatic carbocycles. The van der Waals surface area contributed by atoms with Crippen molar-refractivity contribution in [1.82, 2.24) is 4.90 Å². The number of hydrogen-bond acceptors (Lipinski definition) is 3. The molecule has 1 aliphatic heterocycles. The SMILES string of the molecule is CC1(C)COC(Cc2cc(Cl)cc(Cl)c2)CN1Cc1cc(F)c(C(=O)O)cc1C1CC1.Cl. The third-order valence-electron chi connectivity index (χ3n) is 6.18. The Balaban J connectivity index is 0.00000289. The van der Waals surface area contributed by atoms with Crippen molar-refractivity contribution in [3.63, 3.8) is 0 Å². The highest BCUT2D eigenvalue weighted by molar-refractivity contribution is 6.34. The van der Waals surface area contributed by atoms with E-state index in [0.29, 0.717) is 42.1 Å². The maximum absolute atomic E-state index is 14.5. The number of carboxylic acid groups (broad SMARTS) is 1. The van der Waals surface area contributed by atoms with Crippen molar-refractivity contribution in [3.05, 3.63) is 68.4 Å². The van der Waals surface area contributed by atoms with Crippen molar-refractivity contribution in [1.29, 1.82) is 0 Å². The summed E-state index contributed by atoms with van der Waals surface area (Å²) in [4.78, 5) is 13.7. The summed E-state index contributed by atoms with van der Waals surface area (Å²) in [7, 11) is 0. The molecule has 2 aliphatic rings. The van der Waals surface area contributed by atoms with Crippen LogP contribution in [0.2, 0.25) is 10.0 Å². The molecule has 2 aromatic rings. The van der Waals surface area contributed by atoms with Gasteiger partial charge in [0.15, 0.2) is 0 Å². The summed E-state index contributed by atoms with van der Waals surface area (Å²) in [5.41, 5.74) is 2.36. The van der Waals surface area contributed by atoms with Gasteiger partial charge in [0.25, 0.3) is 0 Å². The number of ether oxygens (including phenoxy) is 1. The van der Waals surface area contributed by atoms with Crippen LogP contribution < -0.4 is 0 Å². The maximum Gasteiger partial charge on any atom is 0.338 e. The summed E-state index contributed by atoms with van der Waals surface area (Å²) < 4.78 is 20.6. The molecule has 174 valence electrons. The van der Waals surface area contributed by atoms with E-state index in [2.05, 4.69) is 18.7 Å². The van der Waals surface area contributed by atoms with Crippen LogP contribution in [-0.2, 0) is 17.7 Å². The van der Waals surface area contributed by atoms with Gasteiger partial charge >= 0.3 is 5.97 Å². The first-order valence-electron chi connectivity index (χ1n) is 10.5. The fourth-order valence-electron chi connectivity index (χ4n) is 4.26. The lowest BCUT2D eigenvalue weighted by atomic mass is 9.94. The Kier molecular flexibility index (Phi) is 7.78. The number of carbonyl (C=O) groups is 1. The summed E-state index contributed by atoms with van der Waals surface area (Å²) in [6.45, 7) is 5.98. The molecular formula is C24H27Cl3FNO3. The van der Waals surface area contributed by atoms with Gasteiger partial charge in [-0.15, -0.1) is 12.4 Å². The third-order valence-corrected chi connectivity index (χ3v) is 6.61. The number of morpholine rings is 1. The second kappa shape index (κ2) is 9.86. The highest BCUT2D eigenvalue weighted by Crippen LogP contribution is 2.43. The van der Waals surface area contributed by atoms with E-state index in [-0.39, 0.29) is 29.6 Å². The smallest absolute Gasteiger partial charge is 0.338 e. The first-order chi connectivity index (χ1) is 14.6. The van der Waals surface area contributed by atoms with Gasteiger partial charge in [-0.3, -0.25) is 4.90 Å². The van der Waals surface area contributed by atoms with E-state index < -0.39 is 11.8 Å². The van der Waals surface area contributed by atoms with E-state index in [1.54, 1.807) is 6.07 Å². The molecule has 1 saturated heterocycles. The van der Waals surface area contributed by atoms with Crippen LogP contribution in [0.25, 0.3) is 0 Å².